The zero-order chi connectivity index (χ0) is 11.1. The highest BCUT2D eigenvalue weighted by Crippen LogP contribution is 2.19. The molecule has 2 N–H and O–H groups in total. The van der Waals surface area contributed by atoms with E-state index in [1.807, 2.05) is 0 Å². The molecule has 0 aliphatic heterocycles. The molecule has 1 saturated carbocycles. The van der Waals surface area contributed by atoms with Gasteiger partial charge in [-0.15, -0.1) is 0 Å². The molecule has 1 unspecified atom stereocenters. The van der Waals surface area contributed by atoms with Gasteiger partial charge in [0, 0.05) is 6.04 Å². The van der Waals surface area contributed by atoms with E-state index in [0.717, 1.165) is 19.3 Å². The third-order valence-electron chi connectivity index (χ3n) is 2.87. The molecule has 1 aliphatic carbocycles. The number of carbonyl (C=O) groups excluding carboxylic acids is 1. The van der Waals surface area contributed by atoms with Crippen molar-refractivity contribution in [2.24, 2.45) is 0 Å². The summed E-state index contributed by atoms with van der Waals surface area (Å²) in [6.07, 6.45) is 5.82. The minimum Gasteiger partial charge on any atom is -0.306 e. The van der Waals surface area contributed by atoms with Gasteiger partial charge < -0.3 is 5.32 Å². The molecule has 88 valence electrons. The summed E-state index contributed by atoms with van der Waals surface area (Å²) in [7, 11) is 0. The predicted octanol–water partition coefficient (Wildman–Crippen LogP) is 1.36. The fourth-order valence-corrected chi connectivity index (χ4v) is 1.60. The summed E-state index contributed by atoms with van der Waals surface area (Å²) in [4.78, 5) is 16.6. The van der Waals surface area contributed by atoms with Crippen LogP contribution < -0.4 is 10.8 Å². The molecular formula is C11H22N2O2. The molecule has 0 bridgehead atoms. The number of hydrogen-bond donors (Lipinski definition) is 2. The summed E-state index contributed by atoms with van der Waals surface area (Å²) in [6.45, 7) is 4.48. The van der Waals surface area contributed by atoms with Crippen molar-refractivity contribution >= 4 is 5.91 Å². The van der Waals surface area contributed by atoms with Gasteiger partial charge in [0.2, 0.25) is 0 Å². The highest BCUT2D eigenvalue weighted by Gasteiger charge is 2.16. The van der Waals surface area contributed by atoms with Crippen molar-refractivity contribution in [2.75, 3.05) is 6.54 Å². The highest BCUT2D eigenvalue weighted by molar-refractivity contribution is 5.76. The Morgan fingerprint density at radius 3 is 2.73 bits per heavy atom. The smallest absolute Gasteiger partial charge is 0.257 e. The van der Waals surface area contributed by atoms with Crippen molar-refractivity contribution in [3.8, 4) is 0 Å². The number of carbonyl (C=O) groups is 1. The van der Waals surface area contributed by atoms with E-state index in [-0.39, 0.29) is 12.0 Å². The second-order valence-corrected chi connectivity index (χ2v) is 4.24. The minimum absolute atomic E-state index is 0.0813. The fraction of sp³-hybridized carbons (Fsp3) is 0.909. The quantitative estimate of drug-likeness (QED) is 0.656. The number of amides is 1. The lowest BCUT2D eigenvalue weighted by Gasteiger charge is -2.13. The molecule has 0 aromatic carbocycles. The Hall–Kier alpha value is -0.610. The third kappa shape index (κ3) is 5.14. The number of hydrogen-bond acceptors (Lipinski definition) is 3. The Kier molecular flexibility index (Phi) is 5.65. The summed E-state index contributed by atoms with van der Waals surface area (Å²) in [6, 6.07) is 0.377. The molecule has 4 nitrogen and oxygen atoms in total. The van der Waals surface area contributed by atoms with Crippen LogP contribution in [0, 0.1) is 0 Å². The van der Waals surface area contributed by atoms with Crippen LogP contribution >= 0.6 is 0 Å². The average Bonchev–Trinajstić information content (AvgIpc) is 2.75. The van der Waals surface area contributed by atoms with E-state index in [2.05, 4.69) is 24.6 Å². The van der Waals surface area contributed by atoms with Crippen LogP contribution in [0.4, 0.5) is 0 Å². The number of rotatable bonds is 6. The van der Waals surface area contributed by atoms with E-state index >= 15 is 0 Å². The second-order valence-electron chi connectivity index (χ2n) is 4.24. The molecule has 0 spiro atoms. The van der Waals surface area contributed by atoms with Gasteiger partial charge in [-0.1, -0.05) is 19.8 Å². The zero-order valence-corrected chi connectivity index (χ0v) is 9.71. The molecule has 4 heteroatoms. The molecule has 1 amide bonds. The van der Waals surface area contributed by atoms with Gasteiger partial charge in [0.05, 0.1) is 12.6 Å². The molecule has 1 rings (SSSR count). The van der Waals surface area contributed by atoms with Gasteiger partial charge in [-0.2, -0.15) is 0 Å². The highest BCUT2D eigenvalue weighted by atomic mass is 16.7. The van der Waals surface area contributed by atoms with E-state index in [1.54, 1.807) is 0 Å². The van der Waals surface area contributed by atoms with Crippen molar-refractivity contribution in [3.63, 3.8) is 0 Å². The van der Waals surface area contributed by atoms with Gasteiger partial charge >= 0.3 is 0 Å². The van der Waals surface area contributed by atoms with Gasteiger partial charge in [0.15, 0.2) is 0 Å². The first kappa shape index (κ1) is 12.5. The molecule has 1 atom stereocenters. The van der Waals surface area contributed by atoms with Crippen LogP contribution in [0.2, 0.25) is 0 Å². The molecule has 1 aliphatic rings. The van der Waals surface area contributed by atoms with E-state index in [0.29, 0.717) is 12.6 Å². The van der Waals surface area contributed by atoms with E-state index < -0.39 is 0 Å². The van der Waals surface area contributed by atoms with Gasteiger partial charge in [-0.05, 0) is 26.2 Å². The lowest BCUT2D eigenvalue weighted by Crippen LogP contribution is -2.39. The molecule has 1 fully saturated rings. The second kappa shape index (κ2) is 6.80. The molecular weight excluding hydrogens is 192 g/mol. The maximum atomic E-state index is 11.3. The van der Waals surface area contributed by atoms with Crippen LogP contribution in [0.25, 0.3) is 0 Å². The lowest BCUT2D eigenvalue weighted by molar-refractivity contribution is -0.137. The van der Waals surface area contributed by atoms with Crippen molar-refractivity contribution in [1.82, 2.24) is 10.8 Å². The standard InChI is InChI=1S/C11H22N2O2/c1-3-9(2)12-8-11(14)13-15-10-6-4-5-7-10/h9-10,12H,3-8H2,1-2H3,(H,13,14). The van der Waals surface area contributed by atoms with Crippen molar-refractivity contribution < 1.29 is 9.63 Å². The van der Waals surface area contributed by atoms with E-state index in [1.165, 1.54) is 12.8 Å². The summed E-state index contributed by atoms with van der Waals surface area (Å²) >= 11 is 0. The van der Waals surface area contributed by atoms with E-state index in [9.17, 15) is 4.79 Å². The topological polar surface area (TPSA) is 50.4 Å². The predicted molar refractivity (Wildman–Crippen MR) is 59.2 cm³/mol. The first-order valence-electron chi connectivity index (χ1n) is 5.90. The van der Waals surface area contributed by atoms with Crippen molar-refractivity contribution in [3.05, 3.63) is 0 Å². The number of nitrogens with one attached hydrogen (secondary N) is 2. The molecule has 0 aromatic rings. The van der Waals surface area contributed by atoms with Crippen LogP contribution in [0.3, 0.4) is 0 Å². The Labute approximate surface area is 91.7 Å². The molecule has 0 saturated heterocycles. The van der Waals surface area contributed by atoms with Crippen LogP contribution in [0.1, 0.15) is 46.0 Å². The monoisotopic (exact) mass is 214 g/mol. The first-order chi connectivity index (χ1) is 7.22. The van der Waals surface area contributed by atoms with Crippen LogP contribution in [0.15, 0.2) is 0 Å². The fourth-order valence-electron chi connectivity index (χ4n) is 1.60. The molecule has 0 radical (unpaired) electrons. The normalized spacial score (nSPS) is 19.1. The summed E-state index contributed by atoms with van der Waals surface area (Å²) in [5.74, 6) is -0.0813. The van der Waals surface area contributed by atoms with Crippen LogP contribution in [-0.2, 0) is 9.63 Å². The molecule has 15 heavy (non-hydrogen) atoms. The Balaban J connectivity index is 2.02. The maximum Gasteiger partial charge on any atom is 0.257 e. The van der Waals surface area contributed by atoms with Gasteiger partial charge in [-0.3, -0.25) is 9.63 Å². The SMILES string of the molecule is CCC(C)NCC(=O)NOC1CCCC1. The number of hydroxylamine groups is 1. The maximum absolute atomic E-state index is 11.3. The van der Waals surface area contributed by atoms with Gasteiger partial charge in [0.25, 0.3) is 5.91 Å². The van der Waals surface area contributed by atoms with Crippen molar-refractivity contribution in [2.45, 2.75) is 58.1 Å². The first-order valence-corrected chi connectivity index (χ1v) is 5.90. The van der Waals surface area contributed by atoms with Crippen LogP contribution in [-0.4, -0.2) is 24.6 Å². The Morgan fingerprint density at radius 1 is 1.47 bits per heavy atom. The molecule has 0 heterocycles. The van der Waals surface area contributed by atoms with Gasteiger partial charge in [0.1, 0.15) is 0 Å². The Bertz CT molecular complexity index is 191. The Morgan fingerprint density at radius 2 is 2.13 bits per heavy atom. The van der Waals surface area contributed by atoms with Gasteiger partial charge in [-0.25, -0.2) is 5.48 Å². The zero-order valence-electron chi connectivity index (χ0n) is 9.71. The minimum atomic E-state index is -0.0813. The summed E-state index contributed by atoms with van der Waals surface area (Å²) in [5, 5.41) is 3.12. The lowest BCUT2D eigenvalue weighted by atomic mass is 10.2. The average molecular weight is 214 g/mol. The largest absolute Gasteiger partial charge is 0.306 e. The molecule has 0 aromatic heterocycles. The third-order valence-corrected chi connectivity index (χ3v) is 2.87. The van der Waals surface area contributed by atoms with E-state index in [4.69, 9.17) is 4.84 Å². The van der Waals surface area contributed by atoms with Crippen LogP contribution in [0.5, 0.6) is 0 Å². The van der Waals surface area contributed by atoms with Crippen molar-refractivity contribution in [1.29, 1.82) is 0 Å². The summed E-state index contributed by atoms with van der Waals surface area (Å²) in [5.41, 5.74) is 2.50. The summed E-state index contributed by atoms with van der Waals surface area (Å²) < 4.78 is 0.